The smallest absolute Gasteiger partial charge is 0.252 e. The molecule has 0 bridgehead atoms. The summed E-state index contributed by atoms with van der Waals surface area (Å²) in [4.78, 5) is 18.5. The number of aromatic nitrogens is 5. The van der Waals surface area contributed by atoms with Crippen LogP contribution in [0.15, 0.2) is 83.7 Å². The number of methoxy groups -OCH3 is 2. The van der Waals surface area contributed by atoms with Crippen LogP contribution < -0.4 is 15.0 Å². The molecule has 1 atom stereocenters. The Hall–Kier alpha value is -4.50. The van der Waals surface area contributed by atoms with Crippen molar-refractivity contribution in [1.29, 1.82) is 0 Å². The fourth-order valence-electron chi connectivity index (χ4n) is 4.86. The van der Waals surface area contributed by atoms with Crippen LogP contribution in [0.1, 0.15) is 41.9 Å². The number of tetrazole rings is 1. The van der Waals surface area contributed by atoms with Crippen LogP contribution in [0.5, 0.6) is 11.5 Å². The van der Waals surface area contributed by atoms with E-state index in [1.54, 1.807) is 14.2 Å². The van der Waals surface area contributed by atoms with Crippen molar-refractivity contribution in [2.75, 3.05) is 14.2 Å². The highest BCUT2D eigenvalue weighted by Gasteiger charge is 2.26. The van der Waals surface area contributed by atoms with Gasteiger partial charge in [-0.05, 0) is 64.4 Å². The van der Waals surface area contributed by atoms with Gasteiger partial charge in [-0.3, -0.25) is 9.69 Å². The van der Waals surface area contributed by atoms with Crippen LogP contribution in [0.2, 0.25) is 0 Å². The van der Waals surface area contributed by atoms with E-state index in [2.05, 4.69) is 44.5 Å². The standard InChI is InChI=1S/C30H32N6O3/c1-4-28(29-32-33-34-36(29)19-21-8-6-5-7-9-21)35(18-22-10-12-25(38-2)13-11-22)20-24-16-23-17-26(39-3)14-15-27(23)31-30(24)37/h5-17,28H,4,18-20H2,1-3H3,(H,31,37). The monoisotopic (exact) mass is 524 g/mol. The summed E-state index contributed by atoms with van der Waals surface area (Å²) in [6, 6.07) is 25.6. The van der Waals surface area contributed by atoms with Crippen molar-refractivity contribution >= 4 is 10.9 Å². The highest BCUT2D eigenvalue weighted by molar-refractivity contribution is 5.80. The largest absolute Gasteiger partial charge is 0.497 e. The van der Waals surface area contributed by atoms with Crippen molar-refractivity contribution in [3.63, 3.8) is 0 Å². The average molecular weight is 525 g/mol. The molecule has 5 aromatic rings. The van der Waals surface area contributed by atoms with Gasteiger partial charge < -0.3 is 14.5 Å². The molecule has 200 valence electrons. The van der Waals surface area contributed by atoms with Crippen LogP contribution in [-0.4, -0.2) is 44.3 Å². The summed E-state index contributed by atoms with van der Waals surface area (Å²) in [5.74, 6) is 2.29. The quantitative estimate of drug-likeness (QED) is 0.267. The first-order chi connectivity index (χ1) is 19.1. The first-order valence-electron chi connectivity index (χ1n) is 12.9. The number of hydrogen-bond donors (Lipinski definition) is 1. The number of pyridine rings is 1. The molecule has 3 aromatic carbocycles. The van der Waals surface area contributed by atoms with Gasteiger partial charge in [0.1, 0.15) is 11.5 Å². The average Bonchev–Trinajstić information content (AvgIpc) is 3.42. The maximum atomic E-state index is 13.2. The maximum Gasteiger partial charge on any atom is 0.252 e. The lowest BCUT2D eigenvalue weighted by Gasteiger charge is -2.30. The van der Waals surface area contributed by atoms with Gasteiger partial charge in [0.2, 0.25) is 0 Å². The zero-order valence-corrected chi connectivity index (χ0v) is 22.4. The van der Waals surface area contributed by atoms with E-state index in [1.165, 1.54) is 0 Å². The third-order valence-electron chi connectivity index (χ3n) is 6.91. The van der Waals surface area contributed by atoms with Gasteiger partial charge in [-0.1, -0.05) is 49.4 Å². The number of benzene rings is 3. The molecule has 0 saturated carbocycles. The van der Waals surface area contributed by atoms with Gasteiger partial charge in [0.05, 0.1) is 26.8 Å². The predicted molar refractivity (Wildman–Crippen MR) is 150 cm³/mol. The van der Waals surface area contributed by atoms with E-state index in [0.29, 0.717) is 25.2 Å². The lowest BCUT2D eigenvalue weighted by atomic mass is 10.1. The predicted octanol–water partition coefficient (Wildman–Crippen LogP) is 4.73. The number of nitrogens with zero attached hydrogens (tertiary/aromatic N) is 5. The Morgan fingerprint density at radius 1 is 0.897 bits per heavy atom. The minimum Gasteiger partial charge on any atom is -0.497 e. The zero-order chi connectivity index (χ0) is 27.2. The van der Waals surface area contributed by atoms with Crippen LogP contribution in [-0.2, 0) is 19.6 Å². The van der Waals surface area contributed by atoms with Crippen LogP contribution in [0.25, 0.3) is 10.9 Å². The van der Waals surface area contributed by atoms with E-state index >= 15 is 0 Å². The number of rotatable bonds is 11. The van der Waals surface area contributed by atoms with E-state index in [4.69, 9.17) is 9.47 Å². The zero-order valence-electron chi connectivity index (χ0n) is 22.4. The molecule has 1 unspecified atom stereocenters. The summed E-state index contributed by atoms with van der Waals surface area (Å²) in [6.45, 7) is 3.68. The Balaban J connectivity index is 1.52. The van der Waals surface area contributed by atoms with Crippen molar-refractivity contribution in [2.45, 2.75) is 39.0 Å². The number of ether oxygens (including phenoxy) is 2. The summed E-state index contributed by atoms with van der Waals surface area (Å²) >= 11 is 0. The molecule has 2 aromatic heterocycles. The van der Waals surface area contributed by atoms with Gasteiger partial charge in [0.15, 0.2) is 5.82 Å². The van der Waals surface area contributed by atoms with Crippen molar-refractivity contribution in [3.8, 4) is 11.5 Å². The minimum absolute atomic E-state index is 0.119. The van der Waals surface area contributed by atoms with Crippen molar-refractivity contribution in [1.82, 2.24) is 30.1 Å². The van der Waals surface area contributed by atoms with Gasteiger partial charge >= 0.3 is 0 Å². The molecule has 2 heterocycles. The third-order valence-corrected chi connectivity index (χ3v) is 6.91. The van der Waals surface area contributed by atoms with Crippen LogP contribution in [0.4, 0.5) is 0 Å². The van der Waals surface area contributed by atoms with E-state index < -0.39 is 0 Å². The molecule has 9 nitrogen and oxygen atoms in total. The second-order valence-electron chi connectivity index (χ2n) is 9.43. The van der Waals surface area contributed by atoms with Crippen LogP contribution in [0.3, 0.4) is 0 Å². The number of hydrogen-bond acceptors (Lipinski definition) is 7. The highest BCUT2D eigenvalue weighted by atomic mass is 16.5. The molecule has 5 rings (SSSR count). The summed E-state index contributed by atoms with van der Waals surface area (Å²) in [5.41, 5.74) is 3.51. The molecule has 0 aliphatic heterocycles. The van der Waals surface area contributed by atoms with E-state index in [0.717, 1.165) is 45.8 Å². The van der Waals surface area contributed by atoms with Crippen molar-refractivity contribution < 1.29 is 9.47 Å². The SMILES string of the molecule is CCC(c1nnnn1Cc1ccccc1)N(Cc1ccc(OC)cc1)Cc1cc2cc(OC)ccc2[nH]c1=O. The van der Waals surface area contributed by atoms with Gasteiger partial charge in [-0.25, -0.2) is 4.68 Å². The molecule has 0 radical (unpaired) electrons. The van der Waals surface area contributed by atoms with Crippen LogP contribution >= 0.6 is 0 Å². The molecule has 0 fully saturated rings. The van der Waals surface area contributed by atoms with Crippen molar-refractivity contribution in [2.24, 2.45) is 0 Å². The fourth-order valence-corrected chi connectivity index (χ4v) is 4.86. The van der Waals surface area contributed by atoms with E-state index in [-0.39, 0.29) is 11.6 Å². The van der Waals surface area contributed by atoms with Gasteiger partial charge in [0.25, 0.3) is 5.56 Å². The number of fused-ring (bicyclic) bond motifs is 1. The molecular formula is C30H32N6O3. The highest BCUT2D eigenvalue weighted by Crippen LogP contribution is 2.28. The summed E-state index contributed by atoms with van der Waals surface area (Å²) in [5, 5.41) is 13.7. The third kappa shape index (κ3) is 5.99. The maximum absolute atomic E-state index is 13.2. The molecule has 0 aliphatic rings. The Bertz CT molecular complexity index is 1580. The molecule has 39 heavy (non-hydrogen) atoms. The molecule has 9 heteroatoms. The molecule has 1 N–H and O–H groups in total. The molecule has 0 amide bonds. The topological polar surface area (TPSA) is 98.2 Å². The number of H-pyrrole nitrogens is 1. The van der Waals surface area contributed by atoms with E-state index in [1.807, 2.05) is 71.4 Å². The van der Waals surface area contributed by atoms with Crippen LogP contribution in [0, 0.1) is 0 Å². The number of nitrogens with one attached hydrogen (secondary N) is 1. The first-order valence-corrected chi connectivity index (χ1v) is 12.9. The Morgan fingerprint density at radius 3 is 2.36 bits per heavy atom. The normalized spacial score (nSPS) is 12.1. The lowest BCUT2D eigenvalue weighted by Crippen LogP contribution is -2.32. The Kier molecular flexibility index (Phi) is 7.98. The molecule has 0 spiro atoms. The summed E-state index contributed by atoms with van der Waals surface area (Å²) in [6.07, 6.45) is 0.755. The summed E-state index contributed by atoms with van der Waals surface area (Å²) < 4.78 is 12.6. The number of aromatic amines is 1. The fraction of sp³-hybridized carbons (Fsp3) is 0.267. The Morgan fingerprint density at radius 2 is 1.64 bits per heavy atom. The van der Waals surface area contributed by atoms with Crippen molar-refractivity contribution in [3.05, 3.63) is 112 Å². The summed E-state index contributed by atoms with van der Waals surface area (Å²) in [7, 11) is 3.29. The van der Waals surface area contributed by atoms with E-state index in [9.17, 15) is 4.79 Å². The molecular weight excluding hydrogens is 492 g/mol. The molecule has 0 aliphatic carbocycles. The second kappa shape index (κ2) is 11.9. The second-order valence-corrected chi connectivity index (χ2v) is 9.43. The Labute approximate surface area is 227 Å². The van der Waals surface area contributed by atoms with Gasteiger partial charge in [-0.15, -0.1) is 5.10 Å². The molecule has 0 saturated heterocycles. The minimum atomic E-state index is -0.133. The first kappa shape index (κ1) is 26.1. The van der Waals surface area contributed by atoms with Gasteiger partial charge in [-0.2, -0.15) is 0 Å². The van der Waals surface area contributed by atoms with Gasteiger partial charge in [0, 0.05) is 29.6 Å². The lowest BCUT2D eigenvalue weighted by molar-refractivity contribution is 0.161.